The minimum Gasteiger partial charge on any atom is -0.480 e. The molecular weight excluding hydrogens is 158 g/mol. The molecule has 70 valence electrons. The van der Waals surface area contributed by atoms with Crippen molar-refractivity contribution < 1.29 is 14.6 Å². The maximum atomic E-state index is 10.1. The van der Waals surface area contributed by atoms with Crippen LogP contribution in [-0.2, 0) is 9.53 Å². The Morgan fingerprint density at radius 3 is 3.00 bits per heavy atom. The van der Waals surface area contributed by atoms with Gasteiger partial charge in [0.15, 0.2) is 0 Å². The van der Waals surface area contributed by atoms with Gasteiger partial charge in [-0.2, -0.15) is 0 Å². The lowest BCUT2D eigenvalue weighted by molar-refractivity contribution is -0.142. The van der Waals surface area contributed by atoms with Crippen LogP contribution in [0.3, 0.4) is 0 Å². The molecule has 1 heterocycles. The lowest BCUT2D eigenvalue weighted by atomic mass is 10.1. The number of carboxylic acids is 1. The molecule has 0 spiro atoms. The number of hydrogen-bond donors (Lipinski definition) is 1. The van der Waals surface area contributed by atoms with E-state index < -0.39 is 5.97 Å². The smallest absolute Gasteiger partial charge is 0.329 e. The Morgan fingerprint density at radius 2 is 2.50 bits per heavy atom. The second-order valence-electron chi connectivity index (χ2n) is 3.33. The molecule has 1 N–H and O–H groups in total. The van der Waals surface area contributed by atoms with E-state index in [0.717, 1.165) is 19.5 Å². The molecular formula is C8H15NO3. The Bertz CT molecular complexity index is 160. The zero-order valence-electron chi connectivity index (χ0n) is 7.32. The van der Waals surface area contributed by atoms with Gasteiger partial charge in [-0.1, -0.05) is 0 Å². The molecule has 1 rings (SSSR count). The van der Waals surface area contributed by atoms with Crippen molar-refractivity contribution >= 4 is 5.97 Å². The summed E-state index contributed by atoms with van der Waals surface area (Å²) in [6.45, 7) is 2.54. The topological polar surface area (TPSA) is 49.8 Å². The first-order valence-electron chi connectivity index (χ1n) is 4.16. The molecule has 4 nitrogen and oxygen atoms in total. The summed E-state index contributed by atoms with van der Waals surface area (Å²) in [5, 5.41) is 8.30. The van der Waals surface area contributed by atoms with Gasteiger partial charge in [-0.25, -0.2) is 4.79 Å². The Morgan fingerprint density at radius 1 is 1.75 bits per heavy atom. The summed E-state index contributed by atoms with van der Waals surface area (Å²) >= 11 is 0. The number of hydrogen-bond acceptors (Lipinski definition) is 3. The van der Waals surface area contributed by atoms with Crippen LogP contribution < -0.4 is 0 Å². The van der Waals surface area contributed by atoms with Gasteiger partial charge in [0.1, 0.15) is 6.61 Å². The molecule has 0 bridgehead atoms. The predicted molar refractivity (Wildman–Crippen MR) is 44.1 cm³/mol. The lowest BCUT2D eigenvalue weighted by Crippen LogP contribution is -2.18. The highest BCUT2D eigenvalue weighted by molar-refractivity contribution is 5.67. The molecule has 1 atom stereocenters. The number of carboxylic acid groups (broad SMARTS) is 1. The van der Waals surface area contributed by atoms with Gasteiger partial charge in [0.05, 0.1) is 6.61 Å². The fourth-order valence-corrected chi connectivity index (χ4v) is 1.48. The minimum atomic E-state index is -0.888. The third-order valence-corrected chi connectivity index (χ3v) is 2.07. The van der Waals surface area contributed by atoms with E-state index in [1.54, 1.807) is 0 Å². The van der Waals surface area contributed by atoms with E-state index in [0.29, 0.717) is 12.5 Å². The molecule has 12 heavy (non-hydrogen) atoms. The van der Waals surface area contributed by atoms with Crippen molar-refractivity contribution in [3.05, 3.63) is 0 Å². The van der Waals surface area contributed by atoms with Crippen molar-refractivity contribution in [3.8, 4) is 0 Å². The monoisotopic (exact) mass is 173 g/mol. The standard InChI is InChI=1S/C8H15NO3/c1-9-3-2-7(4-9)5-12-6-8(10)11/h7H,2-6H2,1H3,(H,10,11)/t7-/m1/s1. The largest absolute Gasteiger partial charge is 0.480 e. The van der Waals surface area contributed by atoms with Crippen molar-refractivity contribution in [1.82, 2.24) is 4.90 Å². The molecule has 1 saturated heterocycles. The van der Waals surface area contributed by atoms with Crippen molar-refractivity contribution in [3.63, 3.8) is 0 Å². The van der Waals surface area contributed by atoms with Crippen LogP contribution in [0.2, 0.25) is 0 Å². The highest BCUT2D eigenvalue weighted by Gasteiger charge is 2.19. The van der Waals surface area contributed by atoms with E-state index in [9.17, 15) is 4.79 Å². The van der Waals surface area contributed by atoms with Gasteiger partial charge >= 0.3 is 5.97 Å². The molecule has 0 radical (unpaired) electrons. The van der Waals surface area contributed by atoms with E-state index in [1.807, 2.05) is 0 Å². The predicted octanol–water partition coefficient (Wildman–Crippen LogP) is 0.0393. The van der Waals surface area contributed by atoms with E-state index in [1.165, 1.54) is 0 Å². The fourth-order valence-electron chi connectivity index (χ4n) is 1.48. The number of aliphatic carboxylic acids is 1. The van der Waals surface area contributed by atoms with Crippen LogP contribution in [-0.4, -0.2) is 49.3 Å². The average molecular weight is 173 g/mol. The third-order valence-electron chi connectivity index (χ3n) is 2.07. The number of nitrogens with zero attached hydrogens (tertiary/aromatic N) is 1. The molecule has 0 unspecified atom stereocenters. The van der Waals surface area contributed by atoms with Crippen LogP contribution in [0.4, 0.5) is 0 Å². The summed E-state index contributed by atoms with van der Waals surface area (Å²) in [4.78, 5) is 12.3. The van der Waals surface area contributed by atoms with Gasteiger partial charge < -0.3 is 14.7 Å². The van der Waals surface area contributed by atoms with Crippen LogP contribution in [0.25, 0.3) is 0 Å². The number of ether oxygens (including phenoxy) is 1. The highest BCUT2D eigenvalue weighted by Crippen LogP contribution is 2.13. The summed E-state index contributed by atoms with van der Waals surface area (Å²) in [5.74, 6) is -0.365. The average Bonchev–Trinajstić information content (AvgIpc) is 2.35. The van der Waals surface area contributed by atoms with Crippen molar-refractivity contribution in [2.24, 2.45) is 5.92 Å². The summed E-state index contributed by atoms with van der Waals surface area (Å²) in [6, 6.07) is 0. The molecule has 0 aromatic heterocycles. The maximum Gasteiger partial charge on any atom is 0.329 e. The van der Waals surface area contributed by atoms with Crippen molar-refractivity contribution in [2.75, 3.05) is 33.4 Å². The zero-order valence-corrected chi connectivity index (χ0v) is 7.32. The SMILES string of the molecule is CN1CC[C@@H](COCC(=O)O)C1. The Kier molecular flexibility index (Phi) is 3.49. The highest BCUT2D eigenvalue weighted by atomic mass is 16.5. The Balaban J connectivity index is 2.04. The van der Waals surface area contributed by atoms with Crippen LogP contribution in [0.15, 0.2) is 0 Å². The second kappa shape index (κ2) is 4.42. The third kappa shape index (κ3) is 3.19. The summed E-state index contributed by atoms with van der Waals surface area (Å²) in [7, 11) is 2.07. The van der Waals surface area contributed by atoms with Crippen molar-refractivity contribution in [2.45, 2.75) is 6.42 Å². The second-order valence-corrected chi connectivity index (χ2v) is 3.33. The van der Waals surface area contributed by atoms with Gasteiger partial charge in [-0.3, -0.25) is 0 Å². The summed E-state index contributed by atoms with van der Waals surface area (Å²) in [5.41, 5.74) is 0. The summed E-state index contributed by atoms with van der Waals surface area (Å²) in [6.07, 6.45) is 1.12. The van der Waals surface area contributed by atoms with E-state index >= 15 is 0 Å². The molecule has 0 aromatic carbocycles. The normalized spacial score (nSPS) is 24.6. The molecule has 1 aliphatic heterocycles. The van der Waals surface area contributed by atoms with Gasteiger partial charge in [0.2, 0.25) is 0 Å². The summed E-state index contributed by atoms with van der Waals surface area (Å²) < 4.78 is 5.00. The van der Waals surface area contributed by atoms with Gasteiger partial charge in [-0.15, -0.1) is 0 Å². The lowest BCUT2D eigenvalue weighted by Gasteiger charge is -2.09. The fraction of sp³-hybridized carbons (Fsp3) is 0.875. The number of carbonyl (C=O) groups is 1. The minimum absolute atomic E-state index is 0.166. The first kappa shape index (κ1) is 9.48. The van der Waals surface area contributed by atoms with Gasteiger partial charge in [0.25, 0.3) is 0 Å². The molecule has 0 aliphatic carbocycles. The van der Waals surface area contributed by atoms with Gasteiger partial charge in [0, 0.05) is 6.54 Å². The van der Waals surface area contributed by atoms with Crippen LogP contribution in [0, 0.1) is 5.92 Å². The van der Waals surface area contributed by atoms with Crippen molar-refractivity contribution in [1.29, 1.82) is 0 Å². The van der Waals surface area contributed by atoms with Gasteiger partial charge in [-0.05, 0) is 25.9 Å². The number of likely N-dealkylation sites (tertiary alicyclic amines) is 1. The quantitative estimate of drug-likeness (QED) is 0.652. The number of rotatable bonds is 4. The molecule has 0 saturated carbocycles. The first-order chi connectivity index (χ1) is 5.68. The first-order valence-corrected chi connectivity index (χ1v) is 4.16. The Labute approximate surface area is 72.1 Å². The molecule has 0 amide bonds. The van der Waals surface area contributed by atoms with E-state index in [2.05, 4.69) is 11.9 Å². The molecule has 1 fully saturated rings. The zero-order chi connectivity index (χ0) is 8.97. The van der Waals surface area contributed by atoms with E-state index in [-0.39, 0.29) is 6.61 Å². The molecule has 4 heteroatoms. The molecule has 0 aromatic rings. The van der Waals surface area contributed by atoms with E-state index in [4.69, 9.17) is 9.84 Å². The molecule has 1 aliphatic rings. The van der Waals surface area contributed by atoms with Crippen LogP contribution in [0.1, 0.15) is 6.42 Å². The Hall–Kier alpha value is -0.610. The maximum absolute atomic E-state index is 10.1. The van der Waals surface area contributed by atoms with Crippen LogP contribution in [0.5, 0.6) is 0 Å². The van der Waals surface area contributed by atoms with Crippen LogP contribution >= 0.6 is 0 Å².